The fraction of sp³-hybridized carbons (Fsp3) is 0.500. The Balaban J connectivity index is 2.46. The summed E-state index contributed by atoms with van der Waals surface area (Å²) in [7, 11) is 0. The van der Waals surface area contributed by atoms with Crippen molar-refractivity contribution < 1.29 is 13.5 Å². The normalized spacial score (nSPS) is 12.8. The van der Waals surface area contributed by atoms with E-state index in [1.54, 1.807) is 0 Å². The number of ether oxygens (including phenoxy) is 1. The third-order valence-corrected chi connectivity index (χ3v) is 3.02. The molecule has 1 nitrogen and oxygen atoms in total. The summed E-state index contributed by atoms with van der Waals surface area (Å²) < 4.78 is 31.2. The van der Waals surface area contributed by atoms with Gasteiger partial charge in [0.25, 0.3) is 0 Å². The summed E-state index contributed by atoms with van der Waals surface area (Å²) in [6.07, 6.45) is 1.35. The summed E-state index contributed by atoms with van der Waals surface area (Å²) in [5.41, 5.74) is 0.528. The molecule has 1 unspecified atom stereocenters. The van der Waals surface area contributed by atoms with Crippen molar-refractivity contribution in [2.75, 3.05) is 13.2 Å². The van der Waals surface area contributed by atoms with Crippen LogP contribution in [0, 0.1) is 11.6 Å². The van der Waals surface area contributed by atoms with Crippen LogP contribution < -0.4 is 0 Å². The third kappa shape index (κ3) is 4.58. The summed E-state index contributed by atoms with van der Waals surface area (Å²) >= 11 is 3.46. The Morgan fingerprint density at radius 3 is 2.75 bits per heavy atom. The molecule has 0 amide bonds. The van der Waals surface area contributed by atoms with Gasteiger partial charge in [0.15, 0.2) is 0 Å². The number of hydrogen-bond donors (Lipinski definition) is 0. The van der Waals surface area contributed by atoms with Crippen molar-refractivity contribution in [3.05, 3.63) is 35.4 Å². The average molecular weight is 293 g/mol. The van der Waals surface area contributed by atoms with Crippen LogP contribution in [-0.4, -0.2) is 18.0 Å². The molecule has 0 fully saturated rings. The first-order chi connectivity index (χ1) is 7.63. The molecule has 0 aliphatic heterocycles. The average Bonchev–Trinajstić information content (AvgIpc) is 2.23. The predicted molar refractivity (Wildman–Crippen MR) is 63.9 cm³/mol. The second-order valence-electron chi connectivity index (χ2n) is 3.52. The standard InChI is InChI=1S/C12H15BrF2O/c1-2-16-6-5-10(13)7-9-3-4-11(14)8-12(9)15/h3-4,8,10H,2,5-7H2,1H3. The Labute approximate surface area is 103 Å². The Kier molecular flexibility index (Phi) is 5.91. The maximum Gasteiger partial charge on any atom is 0.129 e. The van der Waals surface area contributed by atoms with E-state index in [9.17, 15) is 8.78 Å². The molecule has 1 aromatic rings. The van der Waals surface area contributed by atoms with Crippen molar-refractivity contribution in [2.24, 2.45) is 0 Å². The monoisotopic (exact) mass is 292 g/mol. The quantitative estimate of drug-likeness (QED) is 0.574. The van der Waals surface area contributed by atoms with Crippen LogP contribution in [0.5, 0.6) is 0 Å². The molecule has 0 radical (unpaired) electrons. The molecule has 0 aliphatic rings. The number of alkyl halides is 1. The van der Waals surface area contributed by atoms with E-state index in [4.69, 9.17) is 4.74 Å². The van der Waals surface area contributed by atoms with Crippen molar-refractivity contribution in [2.45, 2.75) is 24.6 Å². The molecule has 90 valence electrons. The Morgan fingerprint density at radius 1 is 1.38 bits per heavy atom. The molecular weight excluding hydrogens is 278 g/mol. The van der Waals surface area contributed by atoms with Gasteiger partial charge in [-0.05, 0) is 31.4 Å². The highest BCUT2D eigenvalue weighted by atomic mass is 79.9. The lowest BCUT2D eigenvalue weighted by Crippen LogP contribution is -2.08. The fourth-order valence-electron chi connectivity index (χ4n) is 1.38. The molecule has 0 N–H and O–H groups in total. The van der Waals surface area contributed by atoms with Gasteiger partial charge in [-0.2, -0.15) is 0 Å². The lowest BCUT2D eigenvalue weighted by Gasteiger charge is -2.10. The molecule has 1 rings (SSSR count). The minimum atomic E-state index is -0.540. The molecule has 0 heterocycles. The lowest BCUT2D eigenvalue weighted by molar-refractivity contribution is 0.145. The van der Waals surface area contributed by atoms with Gasteiger partial charge in [-0.15, -0.1) is 0 Å². The number of hydrogen-bond acceptors (Lipinski definition) is 1. The van der Waals surface area contributed by atoms with Crippen LogP contribution in [0.25, 0.3) is 0 Å². The highest BCUT2D eigenvalue weighted by Gasteiger charge is 2.10. The van der Waals surface area contributed by atoms with E-state index in [-0.39, 0.29) is 4.83 Å². The summed E-state index contributed by atoms with van der Waals surface area (Å²) in [5.74, 6) is -1.03. The van der Waals surface area contributed by atoms with Crippen molar-refractivity contribution in [3.63, 3.8) is 0 Å². The van der Waals surface area contributed by atoms with Gasteiger partial charge < -0.3 is 4.74 Å². The van der Waals surface area contributed by atoms with Gasteiger partial charge in [0.2, 0.25) is 0 Å². The second-order valence-corrected chi connectivity index (χ2v) is 4.82. The first-order valence-corrected chi connectivity index (χ1v) is 6.20. The Morgan fingerprint density at radius 2 is 2.12 bits per heavy atom. The van der Waals surface area contributed by atoms with E-state index in [0.29, 0.717) is 25.2 Å². The van der Waals surface area contributed by atoms with E-state index >= 15 is 0 Å². The first-order valence-electron chi connectivity index (χ1n) is 5.29. The highest BCUT2D eigenvalue weighted by Crippen LogP contribution is 2.17. The number of benzene rings is 1. The molecule has 16 heavy (non-hydrogen) atoms. The fourth-order valence-corrected chi connectivity index (χ4v) is 1.92. The maximum atomic E-state index is 13.3. The number of rotatable bonds is 6. The zero-order chi connectivity index (χ0) is 12.0. The minimum absolute atomic E-state index is 0.152. The van der Waals surface area contributed by atoms with Crippen LogP contribution in [0.3, 0.4) is 0 Å². The molecule has 0 saturated carbocycles. The van der Waals surface area contributed by atoms with Crippen molar-refractivity contribution in [3.8, 4) is 0 Å². The summed E-state index contributed by atoms with van der Waals surface area (Å²) in [6.45, 7) is 3.27. The highest BCUT2D eigenvalue weighted by molar-refractivity contribution is 9.09. The molecular formula is C12H15BrF2O. The van der Waals surface area contributed by atoms with Crippen LogP contribution in [0.4, 0.5) is 8.78 Å². The number of halogens is 3. The van der Waals surface area contributed by atoms with Gasteiger partial charge in [-0.25, -0.2) is 8.78 Å². The van der Waals surface area contributed by atoms with Crippen LogP contribution in [0.15, 0.2) is 18.2 Å². The van der Waals surface area contributed by atoms with E-state index < -0.39 is 11.6 Å². The van der Waals surface area contributed by atoms with Gasteiger partial charge in [0.1, 0.15) is 11.6 Å². The molecule has 1 atom stereocenters. The smallest absolute Gasteiger partial charge is 0.129 e. The SMILES string of the molecule is CCOCCC(Br)Cc1ccc(F)cc1F. The van der Waals surface area contributed by atoms with Crippen molar-refractivity contribution in [1.29, 1.82) is 0 Å². The van der Waals surface area contributed by atoms with Gasteiger partial charge in [0, 0.05) is 24.1 Å². The van der Waals surface area contributed by atoms with Crippen LogP contribution >= 0.6 is 15.9 Å². The molecule has 0 saturated heterocycles. The largest absolute Gasteiger partial charge is 0.382 e. The molecule has 4 heteroatoms. The summed E-state index contributed by atoms with van der Waals surface area (Å²) in [4.78, 5) is 0.152. The topological polar surface area (TPSA) is 9.23 Å². The summed E-state index contributed by atoms with van der Waals surface area (Å²) in [5, 5.41) is 0. The molecule has 0 bridgehead atoms. The van der Waals surface area contributed by atoms with Crippen LogP contribution in [0.2, 0.25) is 0 Å². The Hall–Kier alpha value is -0.480. The van der Waals surface area contributed by atoms with Gasteiger partial charge in [-0.3, -0.25) is 0 Å². The second kappa shape index (κ2) is 6.97. The van der Waals surface area contributed by atoms with E-state index in [2.05, 4.69) is 15.9 Å². The minimum Gasteiger partial charge on any atom is -0.382 e. The van der Waals surface area contributed by atoms with Crippen molar-refractivity contribution >= 4 is 15.9 Å². The zero-order valence-corrected chi connectivity index (χ0v) is 10.8. The molecule has 0 aromatic heterocycles. The first kappa shape index (κ1) is 13.6. The van der Waals surface area contributed by atoms with E-state index in [1.165, 1.54) is 12.1 Å². The van der Waals surface area contributed by atoms with E-state index in [1.807, 2.05) is 6.92 Å². The molecule has 0 spiro atoms. The lowest BCUT2D eigenvalue weighted by atomic mass is 10.1. The van der Waals surface area contributed by atoms with Crippen LogP contribution in [-0.2, 0) is 11.2 Å². The van der Waals surface area contributed by atoms with E-state index in [0.717, 1.165) is 12.5 Å². The van der Waals surface area contributed by atoms with Gasteiger partial charge in [-0.1, -0.05) is 22.0 Å². The predicted octanol–water partition coefficient (Wildman–Crippen LogP) is 3.70. The summed E-state index contributed by atoms with van der Waals surface area (Å²) in [6, 6.07) is 3.68. The molecule has 1 aromatic carbocycles. The van der Waals surface area contributed by atoms with Gasteiger partial charge >= 0.3 is 0 Å². The van der Waals surface area contributed by atoms with Crippen LogP contribution in [0.1, 0.15) is 18.9 Å². The van der Waals surface area contributed by atoms with Gasteiger partial charge in [0.05, 0.1) is 0 Å². The maximum absolute atomic E-state index is 13.3. The van der Waals surface area contributed by atoms with Crippen molar-refractivity contribution in [1.82, 2.24) is 0 Å². The third-order valence-electron chi connectivity index (χ3n) is 2.24. The molecule has 0 aliphatic carbocycles. The zero-order valence-electron chi connectivity index (χ0n) is 9.18. The Bertz CT molecular complexity index is 331.